The second-order valence-corrected chi connectivity index (χ2v) is 6.96. The highest BCUT2D eigenvalue weighted by Gasteiger charge is 2.50. The van der Waals surface area contributed by atoms with Crippen molar-refractivity contribution in [1.29, 1.82) is 0 Å². The SMILES string of the molecule is CN(Cc1cccc(Cl)c1)C(=O)[C@@]12CCCC[C@H]1CNC2. The van der Waals surface area contributed by atoms with Crippen molar-refractivity contribution < 1.29 is 4.79 Å². The summed E-state index contributed by atoms with van der Waals surface area (Å²) in [6.07, 6.45) is 4.65. The predicted molar refractivity (Wildman–Crippen MR) is 85.2 cm³/mol. The molecule has 2 fully saturated rings. The van der Waals surface area contributed by atoms with E-state index in [-0.39, 0.29) is 5.41 Å². The van der Waals surface area contributed by atoms with Crippen LogP contribution in [0.2, 0.25) is 5.02 Å². The summed E-state index contributed by atoms with van der Waals surface area (Å²) in [5.41, 5.74) is 0.930. The first-order valence-electron chi connectivity index (χ1n) is 7.82. The molecule has 1 saturated carbocycles. The largest absolute Gasteiger partial charge is 0.341 e. The van der Waals surface area contributed by atoms with Gasteiger partial charge in [0.1, 0.15) is 0 Å². The van der Waals surface area contributed by atoms with Crippen LogP contribution in [0.1, 0.15) is 31.2 Å². The molecule has 1 saturated heterocycles. The van der Waals surface area contributed by atoms with E-state index in [0.717, 1.165) is 30.1 Å². The number of hydrogen-bond acceptors (Lipinski definition) is 2. The zero-order chi connectivity index (χ0) is 14.9. The normalized spacial score (nSPS) is 28.2. The fourth-order valence-electron chi connectivity index (χ4n) is 4.03. The quantitative estimate of drug-likeness (QED) is 0.931. The van der Waals surface area contributed by atoms with Crippen molar-refractivity contribution in [2.24, 2.45) is 11.3 Å². The van der Waals surface area contributed by atoms with Gasteiger partial charge in [0.25, 0.3) is 0 Å². The number of benzene rings is 1. The molecule has 1 amide bonds. The maximum absolute atomic E-state index is 13.0. The monoisotopic (exact) mass is 306 g/mol. The minimum absolute atomic E-state index is 0.161. The fourth-order valence-corrected chi connectivity index (χ4v) is 4.24. The highest BCUT2D eigenvalue weighted by molar-refractivity contribution is 6.30. The van der Waals surface area contributed by atoms with E-state index < -0.39 is 0 Å². The molecule has 1 heterocycles. The van der Waals surface area contributed by atoms with E-state index in [9.17, 15) is 4.79 Å². The first-order valence-corrected chi connectivity index (χ1v) is 8.20. The highest BCUT2D eigenvalue weighted by atomic mass is 35.5. The van der Waals surface area contributed by atoms with Gasteiger partial charge in [-0.1, -0.05) is 36.6 Å². The number of amides is 1. The number of nitrogens with one attached hydrogen (secondary N) is 1. The maximum atomic E-state index is 13.0. The van der Waals surface area contributed by atoms with Crippen LogP contribution in [0.4, 0.5) is 0 Å². The van der Waals surface area contributed by atoms with Crippen LogP contribution in [0.3, 0.4) is 0 Å². The molecule has 1 aromatic rings. The molecule has 0 radical (unpaired) electrons. The van der Waals surface area contributed by atoms with Crippen molar-refractivity contribution in [1.82, 2.24) is 10.2 Å². The lowest BCUT2D eigenvalue weighted by Gasteiger charge is -2.39. The molecule has 2 aliphatic rings. The Hall–Kier alpha value is -1.06. The van der Waals surface area contributed by atoms with Crippen LogP contribution in [-0.2, 0) is 11.3 Å². The third-order valence-corrected chi connectivity index (χ3v) is 5.35. The summed E-state index contributed by atoms with van der Waals surface area (Å²) in [7, 11) is 1.92. The molecule has 1 aromatic carbocycles. The van der Waals surface area contributed by atoms with Gasteiger partial charge in [-0.25, -0.2) is 0 Å². The van der Waals surface area contributed by atoms with Crippen LogP contribution in [0.25, 0.3) is 0 Å². The Bertz CT molecular complexity index is 533. The average molecular weight is 307 g/mol. The summed E-state index contributed by atoms with van der Waals surface area (Å²) in [6.45, 7) is 2.47. The molecule has 1 aliphatic carbocycles. The van der Waals surface area contributed by atoms with E-state index in [1.807, 2.05) is 36.2 Å². The highest BCUT2D eigenvalue weighted by Crippen LogP contribution is 2.45. The number of nitrogens with zero attached hydrogens (tertiary/aromatic N) is 1. The summed E-state index contributed by atoms with van der Waals surface area (Å²) in [6, 6.07) is 7.77. The van der Waals surface area contributed by atoms with Crippen LogP contribution in [0.15, 0.2) is 24.3 Å². The summed E-state index contributed by atoms with van der Waals surface area (Å²) in [5.74, 6) is 0.817. The molecular weight excluding hydrogens is 284 g/mol. The van der Waals surface area contributed by atoms with Crippen molar-refractivity contribution >= 4 is 17.5 Å². The first-order chi connectivity index (χ1) is 10.1. The van der Waals surface area contributed by atoms with Crippen LogP contribution >= 0.6 is 11.6 Å². The number of carbonyl (C=O) groups is 1. The molecule has 1 aliphatic heterocycles. The molecule has 114 valence electrons. The van der Waals surface area contributed by atoms with Gasteiger partial charge in [0.2, 0.25) is 5.91 Å². The molecular formula is C17H23ClN2O. The number of fused-ring (bicyclic) bond motifs is 1. The molecule has 3 rings (SSSR count). The van der Waals surface area contributed by atoms with Gasteiger partial charge in [-0.2, -0.15) is 0 Å². The third kappa shape index (κ3) is 2.82. The Labute approximate surface area is 131 Å². The van der Waals surface area contributed by atoms with Crippen molar-refractivity contribution in [2.75, 3.05) is 20.1 Å². The lowest BCUT2D eigenvalue weighted by molar-refractivity contribution is -0.144. The second-order valence-electron chi connectivity index (χ2n) is 6.52. The Balaban J connectivity index is 1.74. The molecule has 0 spiro atoms. The van der Waals surface area contributed by atoms with E-state index in [4.69, 9.17) is 11.6 Å². The van der Waals surface area contributed by atoms with Gasteiger partial charge in [0, 0.05) is 25.2 Å². The van der Waals surface area contributed by atoms with Crippen LogP contribution in [0.5, 0.6) is 0 Å². The lowest BCUT2D eigenvalue weighted by atomic mass is 9.67. The minimum atomic E-state index is -0.161. The van der Waals surface area contributed by atoms with E-state index in [2.05, 4.69) is 5.32 Å². The van der Waals surface area contributed by atoms with Crippen LogP contribution < -0.4 is 5.32 Å². The molecule has 3 nitrogen and oxygen atoms in total. The number of halogens is 1. The average Bonchev–Trinajstić information content (AvgIpc) is 2.91. The Kier molecular flexibility index (Phi) is 4.23. The van der Waals surface area contributed by atoms with Gasteiger partial charge in [-0.05, 0) is 43.0 Å². The molecule has 21 heavy (non-hydrogen) atoms. The Morgan fingerprint density at radius 1 is 1.48 bits per heavy atom. The lowest BCUT2D eigenvalue weighted by Crippen LogP contribution is -2.48. The van der Waals surface area contributed by atoms with Gasteiger partial charge in [-0.3, -0.25) is 4.79 Å². The van der Waals surface area contributed by atoms with E-state index in [0.29, 0.717) is 18.4 Å². The molecule has 4 heteroatoms. The maximum Gasteiger partial charge on any atom is 0.230 e. The Morgan fingerprint density at radius 2 is 2.33 bits per heavy atom. The topological polar surface area (TPSA) is 32.3 Å². The predicted octanol–water partition coefficient (Wildman–Crippen LogP) is 3.08. The molecule has 0 bridgehead atoms. The summed E-state index contributed by atoms with van der Waals surface area (Å²) >= 11 is 6.03. The number of hydrogen-bond donors (Lipinski definition) is 1. The van der Waals surface area contributed by atoms with E-state index in [1.54, 1.807) is 0 Å². The second kappa shape index (κ2) is 5.98. The first kappa shape index (κ1) is 14.9. The molecule has 2 atom stereocenters. The van der Waals surface area contributed by atoms with Gasteiger partial charge >= 0.3 is 0 Å². The fraction of sp³-hybridized carbons (Fsp3) is 0.588. The van der Waals surface area contributed by atoms with E-state index in [1.165, 1.54) is 19.3 Å². The summed E-state index contributed by atoms with van der Waals surface area (Å²) in [5, 5.41) is 4.17. The van der Waals surface area contributed by atoms with E-state index >= 15 is 0 Å². The zero-order valence-electron chi connectivity index (χ0n) is 12.6. The smallest absolute Gasteiger partial charge is 0.230 e. The minimum Gasteiger partial charge on any atom is -0.341 e. The number of carbonyl (C=O) groups excluding carboxylic acids is 1. The van der Waals surface area contributed by atoms with Gasteiger partial charge < -0.3 is 10.2 Å². The van der Waals surface area contributed by atoms with Gasteiger partial charge in [0.05, 0.1) is 5.41 Å². The molecule has 0 aromatic heterocycles. The summed E-state index contributed by atoms with van der Waals surface area (Å²) in [4.78, 5) is 14.9. The van der Waals surface area contributed by atoms with Crippen LogP contribution in [-0.4, -0.2) is 30.9 Å². The standard InChI is InChI=1S/C17H23ClN2O/c1-20(11-13-5-4-7-15(18)9-13)16(21)17-8-3-2-6-14(17)10-19-12-17/h4-5,7,9,14,19H,2-3,6,8,10-12H2,1H3/t14-,17+/m0/s1. The van der Waals surface area contributed by atoms with Crippen molar-refractivity contribution in [3.8, 4) is 0 Å². The third-order valence-electron chi connectivity index (χ3n) is 5.12. The molecule has 1 N–H and O–H groups in total. The number of rotatable bonds is 3. The van der Waals surface area contributed by atoms with Crippen molar-refractivity contribution in [3.63, 3.8) is 0 Å². The van der Waals surface area contributed by atoms with Gasteiger partial charge in [-0.15, -0.1) is 0 Å². The van der Waals surface area contributed by atoms with Crippen LogP contribution in [0, 0.1) is 11.3 Å². The van der Waals surface area contributed by atoms with Crippen molar-refractivity contribution in [3.05, 3.63) is 34.9 Å². The van der Waals surface area contributed by atoms with Crippen molar-refractivity contribution in [2.45, 2.75) is 32.2 Å². The molecule has 0 unspecified atom stereocenters. The summed E-state index contributed by atoms with van der Waals surface area (Å²) < 4.78 is 0. The van der Waals surface area contributed by atoms with Gasteiger partial charge in [0.15, 0.2) is 0 Å². The zero-order valence-corrected chi connectivity index (χ0v) is 13.3. The Morgan fingerprint density at radius 3 is 3.14 bits per heavy atom.